The molecule has 192 valence electrons. The van der Waals surface area contributed by atoms with Crippen LogP contribution in [0, 0.1) is 17.7 Å². The molecule has 0 bridgehead atoms. The number of carbonyl (C=O) groups excluding carboxylic acids is 1. The summed E-state index contributed by atoms with van der Waals surface area (Å²) in [6.45, 7) is 4.70. The van der Waals surface area contributed by atoms with Crippen LogP contribution in [-0.2, 0) is 11.8 Å². The predicted octanol–water partition coefficient (Wildman–Crippen LogP) is 3.35. The Bertz CT molecular complexity index is 1580. The highest BCUT2D eigenvalue weighted by atomic mass is 19.1. The number of hydrogen-bond donors (Lipinski definition) is 1. The first-order valence-electron chi connectivity index (χ1n) is 11.7. The van der Waals surface area contributed by atoms with Crippen LogP contribution < -0.4 is 5.73 Å². The molecule has 2 atom stereocenters. The van der Waals surface area contributed by atoms with Crippen LogP contribution in [0.4, 0.5) is 19.4 Å². The van der Waals surface area contributed by atoms with Crippen LogP contribution in [0.25, 0.3) is 22.1 Å². The van der Waals surface area contributed by atoms with E-state index in [0.717, 1.165) is 0 Å². The molecule has 0 aliphatic carbocycles. The van der Waals surface area contributed by atoms with Gasteiger partial charge in [-0.3, -0.25) is 0 Å². The third-order valence-electron chi connectivity index (χ3n) is 6.19. The number of carbonyl (C=O) groups is 1. The molecule has 12 heteroatoms. The summed E-state index contributed by atoms with van der Waals surface area (Å²) in [5.74, 6) is 5.38. The number of nitrogens with two attached hydrogens (primary N) is 1. The zero-order valence-corrected chi connectivity index (χ0v) is 20.9. The predicted molar refractivity (Wildman–Crippen MR) is 133 cm³/mol. The fourth-order valence-corrected chi connectivity index (χ4v) is 4.47. The van der Waals surface area contributed by atoms with Crippen molar-refractivity contribution >= 4 is 34.0 Å². The largest absolute Gasteiger partial charge is 0.444 e. The van der Waals surface area contributed by atoms with Crippen LogP contribution in [0.3, 0.4) is 0 Å². The number of imidazole rings is 1. The Labute approximate surface area is 211 Å². The van der Waals surface area contributed by atoms with Crippen molar-refractivity contribution in [3.8, 4) is 11.8 Å². The van der Waals surface area contributed by atoms with Gasteiger partial charge in [0.1, 0.15) is 35.9 Å². The zero-order valence-electron chi connectivity index (χ0n) is 20.9. The number of aryl methyl sites for hydroxylation is 1. The Morgan fingerprint density at radius 3 is 2.76 bits per heavy atom. The molecule has 5 rings (SSSR count). The molecule has 1 saturated heterocycles. The van der Waals surface area contributed by atoms with Crippen molar-refractivity contribution in [3.05, 3.63) is 41.9 Å². The number of nitrogen functional groups attached to an aromatic ring is 1. The molecule has 0 spiro atoms. The van der Waals surface area contributed by atoms with Crippen molar-refractivity contribution in [1.29, 1.82) is 0 Å². The molecule has 4 aromatic rings. The standard InChI is InChI=1S/C25H26F2N8O2/c1-25(2,3)37-24(36)34-11-16(8-15(34)10-26)35-23-21(22(28)29-12-30-23)18(32-35)6-5-14-7-19-20(9-17(14)27)33(4)13-31-19/h7,9,12-13,15-16H,8,10-11H2,1-4H3,(H2,28,29,30)/t15-,16+/m1/s1. The summed E-state index contributed by atoms with van der Waals surface area (Å²) >= 11 is 0. The third-order valence-corrected chi connectivity index (χ3v) is 6.19. The van der Waals surface area contributed by atoms with E-state index in [2.05, 4.69) is 31.9 Å². The van der Waals surface area contributed by atoms with E-state index in [1.165, 1.54) is 17.3 Å². The average Bonchev–Trinajstić information content (AvgIpc) is 3.52. The number of fused-ring (bicyclic) bond motifs is 2. The Balaban J connectivity index is 1.53. The number of amides is 1. The monoisotopic (exact) mass is 508 g/mol. The van der Waals surface area contributed by atoms with Crippen LogP contribution in [0.5, 0.6) is 0 Å². The van der Waals surface area contributed by atoms with Crippen molar-refractivity contribution in [2.24, 2.45) is 7.05 Å². The van der Waals surface area contributed by atoms with Gasteiger partial charge in [-0.1, -0.05) is 5.92 Å². The minimum atomic E-state index is -0.728. The average molecular weight is 509 g/mol. The Morgan fingerprint density at radius 2 is 2.03 bits per heavy atom. The second-order valence-electron chi connectivity index (χ2n) is 10.0. The fourth-order valence-electron chi connectivity index (χ4n) is 4.47. The Kier molecular flexibility index (Phi) is 5.94. The molecule has 4 heterocycles. The summed E-state index contributed by atoms with van der Waals surface area (Å²) in [6, 6.07) is 1.87. The summed E-state index contributed by atoms with van der Waals surface area (Å²) < 4.78 is 37.4. The quantitative estimate of drug-likeness (QED) is 0.413. The summed E-state index contributed by atoms with van der Waals surface area (Å²) in [7, 11) is 1.78. The van der Waals surface area contributed by atoms with Gasteiger partial charge in [0.2, 0.25) is 0 Å². The van der Waals surface area contributed by atoms with Crippen molar-refractivity contribution in [3.63, 3.8) is 0 Å². The number of halogens is 2. The number of ether oxygens (including phenoxy) is 1. The van der Waals surface area contributed by atoms with Crippen molar-refractivity contribution in [2.45, 2.75) is 44.9 Å². The van der Waals surface area contributed by atoms with Crippen molar-refractivity contribution < 1.29 is 18.3 Å². The van der Waals surface area contributed by atoms with E-state index in [1.807, 2.05) is 0 Å². The van der Waals surface area contributed by atoms with Crippen molar-refractivity contribution in [2.75, 3.05) is 19.0 Å². The maximum absolute atomic E-state index is 14.7. The lowest BCUT2D eigenvalue weighted by Gasteiger charge is -2.27. The van der Waals surface area contributed by atoms with Gasteiger partial charge in [0.25, 0.3) is 0 Å². The number of benzene rings is 1. The van der Waals surface area contributed by atoms with Crippen LogP contribution in [-0.4, -0.2) is 65.2 Å². The lowest BCUT2D eigenvalue weighted by Crippen LogP contribution is -2.40. The van der Waals surface area contributed by atoms with E-state index in [0.29, 0.717) is 28.5 Å². The fraction of sp³-hybridized carbons (Fsp3) is 0.400. The summed E-state index contributed by atoms with van der Waals surface area (Å²) in [5, 5.41) is 5.00. The van der Waals surface area contributed by atoms with Gasteiger partial charge in [-0.15, -0.1) is 0 Å². The van der Waals surface area contributed by atoms with E-state index in [-0.39, 0.29) is 23.6 Å². The molecular formula is C25H26F2N8O2. The van der Waals surface area contributed by atoms with Crippen molar-refractivity contribution in [1.82, 2.24) is 34.2 Å². The van der Waals surface area contributed by atoms with E-state index in [4.69, 9.17) is 10.5 Å². The maximum Gasteiger partial charge on any atom is 0.410 e. The SMILES string of the molecule is Cn1cnc2cc(C#Cc3nn([C@H]4C[C@H](CF)N(C(=O)OC(C)(C)C)C4)c4ncnc(N)c34)c(F)cc21. The van der Waals surface area contributed by atoms with Gasteiger partial charge in [0, 0.05) is 19.7 Å². The molecule has 1 aliphatic rings. The highest BCUT2D eigenvalue weighted by Crippen LogP contribution is 2.32. The van der Waals surface area contributed by atoms with E-state index >= 15 is 0 Å². The van der Waals surface area contributed by atoms with Gasteiger partial charge in [-0.2, -0.15) is 5.10 Å². The number of alkyl halides is 1. The van der Waals surface area contributed by atoms with Gasteiger partial charge in [0.15, 0.2) is 5.65 Å². The number of aromatic nitrogens is 6. The second-order valence-corrected chi connectivity index (χ2v) is 10.0. The normalized spacial score (nSPS) is 17.8. The van der Waals surface area contributed by atoms with Gasteiger partial charge in [0.05, 0.1) is 40.4 Å². The number of rotatable bonds is 2. The molecular weight excluding hydrogens is 482 g/mol. The Hall–Kier alpha value is -4.27. The molecule has 1 aliphatic heterocycles. The van der Waals surface area contributed by atoms with Gasteiger partial charge >= 0.3 is 6.09 Å². The number of likely N-dealkylation sites (tertiary alicyclic amines) is 1. The Morgan fingerprint density at radius 1 is 1.24 bits per heavy atom. The topological polar surface area (TPSA) is 117 Å². The first-order chi connectivity index (χ1) is 17.6. The van der Waals surface area contributed by atoms with E-state index in [9.17, 15) is 13.6 Å². The number of anilines is 1. The van der Waals surface area contributed by atoms with Crippen LogP contribution in [0.2, 0.25) is 0 Å². The van der Waals surface area contributed by atoms with Gasteiger partial charge in [-0.25, -0.2) is 33.2 Å². The van der Waals surface area contributed by atoms with Crippen LogP contribution in [0.1, 0.15) is 44.5 Å². The second kappa shape index (κ2) is 8.99. The lowest BCUT2D eigenvalue weighted by atomic mass is 10.1. The highest BCUT2D eigenvalue weighted by Gasteiger charge is 2.39. The molecule has 37 heavy (non-hydrogen) atoms. The minimum Gasteiger partial charge on any atom is -0.444 e. The maximum atomic E-state index is 14.7. The molecule has 1 fully saturated rings. The summed E-state index contributed by atoms with van der Waals surface area (Å²) in [5.41, 5.74) is 7.48. The number of hydrogen-bond acceptors (Lipinski definition) is 7. The third kappa shape index (κ3) is 4.52. The molecule has 3 aromatic heterocycles. The van der Waals surface area contributed by atoms with E-state index < -0.39 is 36.3 Å². The first-order valence-corrected chi connectivity index (χ1v) is 11.7. The molecule has 0 saturated carbocycles. The summed E-state index contributed by atoms with van der Waals surface area (Å²) in [6.07, 6.45) is 2.61. The summed E-state index contributed by atoms with van der Waals surface area (Å²) in [4.78, 5) is 26.7. The van der Waals surface area contributed by atoms with Gasteiger partial charge < -0.3 is 19.9 Å². The van der Waals surface area contributed by atoms with Gasteiger partial charge in [-0.05, 0) is 39.2 Å². The molecule has 0 unspecified atom stereocenters. The zero-order chi connectivity index (χ0) is 26.5. The molecule has 10 nitrogen and oxygen atoms in total. The molecule has 1 amide bonds. The first kappa shape index (κ1) is 24.4. The molecule has 2 N–H and O–H groups in total. The van der Waals surface area contributed by atoms with Crippen LogP contribution in [0.15, 0.2) is 24.8 Å². The smallest absolute Gasteiger partial charge is 0.410 e. The highest BCUT2D eigenvalue weighted by molar-refractivity contribution is 5.90. The lowest BCUT2D eigenvalue weighted by molar-refractivity contribution is 0.0203. The number of nitrogens with zero attached hydrogens (tertiary/aromatic N) is 7. The molecule has 0 radical (unpaired) electrons. The van der Waals surface area contributed by atoms with Crippen LogP contribution >= 0.6 is 0 Å². The molecule has 1 aromatic carbocycles. The van der Waals surface area contributed by atoms with E-state index in [1.54, 1.807) is 49.5 Å². The minimum absolute atomic E-state index is 0.152.